The molecule has 36 heavy (non-hydrogen) atoms. The van der Waals surface area contributed by atoms with Crippen LogP contribution in [0.25, 0.3) is 11.0 Å². The number of nitrogens with one attached hydrogen (secondary N) is 1. The summed E-state index contributed by atoms with van der Waals surface area (Å²) in [6.45, 7) is 4.00. The number of nitrogens with zero attached hydrogens (tertiary/aromatic N) is 3. The Morgan fingerprint density at radius 2 is 1.81 bits per heavy atom. The van der Waals surface area contributed by atoms with Crippen LogP contribution in [-0.2, 0) is 13.6 Å². The zero-order chi connectivity index (χ0) is 25.3. The van der Waals surface area contributed by atoms with Crippen molar-refractivity contribution in [2.24, 2.45) is 7.05 Å². The average Bonchev–Trinajstić information content (AvgIpc) is 2.87. The number of benzene rings is 1. The van der Waals surface area contributed by atoms with Gasteiger partial charge < -0.3 is 24.1 Å². The molecular weight excluding hydrogens is 551 g/mol. The maximum atomic E-state index is 14.9. The minimum absolute atomic E-state index is 0. The summed E-state index contributed by atoms with van der Waals surface area (Å²) in [6, 6.07) is 7.79. The van der Waals surface area contributed by atoms with Gasteiger partial charge in [-0.05, 0) is 41.9 Å². The van der Waals surface area contributed by atoms with Crippen molar-refractivity contribution in [3.05, 3.63) is 74.0 Å². The molecule has 0 fully saturated rings. The third-order valence-electron chi connectivity index (χ3n) is 5.88. The molecule has 1 N–H and O–H groups in total. The largest absolute Gasteiger partial charge is 0.491 e. The van der Waals surface area contributed by atoms with Crippen LogP contribution in [0.3, 0.4) is 0 Å². The summed E-state index contributed by atoms with van der Waals surface area (Å²) in [5.41, 5.74) is 3.63. The number of rotatable bonds is 7. The molecule has 0 amide bonds. The van der Waals surface area contributed by atoms with E-state index < -0.39 is 5.82 Å². The van der Waals surface area contributed by atoms with E-state index in [1.807, 2.05) is 25.5 Å². The van der Waals surface area contributed by atoms with Crippen LogP contribution in [-0.4, -0.2) is 28.8 Å². The first kappa shape index (κ1) is 27.3. The number of pyridine rings is 3. The normalized spacial score (nSPS) is 10.6. The summed E-state index contributed by atoms with van der Waals surface area (Å²) in [4.78, 5) is 21.4. The van der Waals surface area contributed by atoms with Crippen molar-refractivity contribution < 1.29 is 18.6 Å². The van der Waals surface area contributed by atoms with Crippen molar-refractivity contribution in [1.29, 1.82) is 0 Å². The molecule has 3 aromatic heterocycles. The molecule has 0 spiro atoms. The number of anilines is 1. The topological polar surface area (TPSA) is 87.5 Å². The van der Waals surface area contributed by atoms with Crippen LogP contribution in [0.15, 0.2) is 45.8 Å². The van der Waals surface area contributed by atoms with E-state index in [9.17, 15) is 9.18 Å². The fourth-order valence-corrected chi connectivity index (χ4v) is 4.17. The summed E-state index contributed by atoms with van der Waals surface area (Å²) < 4.78 is 33.8. The molecule has 8 nitrogen and oxygen atoms in total. The second-order valence-electron chi connectivity index (χ2n) is 7.83. The third kappa shape index (κ3) is 5.12. The Balaban J connectivity index is 0.00000361. The zero-order valence-corrected chi connectivity index (χ0v) is 23.0. The van der Waals surface area contributed by atoms with Gasteiger partial charge in [-0.25, -0.2) is 9.37 Å². The number of hydrogen-bond donors (Lipinski definition) is 1. The SMILES string of the molecule is COc1cc2nccc(Oc3ccc(NCc4c(C)n(C)c(C)c(Br)c4=O)cc3F)c2nc1OC.S. The van der Waals surface area contributed by atoms with E-state index in [1.165, 1.54) is 26.4 Å². The standard InChI is InChI=1S/C25H24BrFN4O4.H2S/c1-13-16(24(32)22(26)14(2)31(13)3)12-29-15-6-7-19(17(27)10-15)35-20-8-9-28-18-11-21(33-4)25(34-5)30-23(18)20;/h6-11,29H,12H2,1-5H3;1H2. The van der Waals surface area contributed by atoms with Gasteiger partial charge in [0.1, 0.15) is 5.52 Å². The van der Waals surface area contributed by atoms with Gasteiger partial charge in [0.15, 0.2) is 23.1 Å². The van der Waals surface area contributed by atoms with Crippen LogP contribution in [0.5, 0.6) is 23.1 Å². The molecule has 0 aliphatic rings. The van der Waals surface area contributed by atoms with Crippen LogP contribution in [0.4, 0.5) is 10.1 Å². The molecule has 1 aromatic carbocycles. The molecule has 0 aliphatic carbocycles. The first-order chi connectivity index (χ1) is 16.7. The highest BCUT2D eigenvalue weighted by atomic mass is 79.9. The summed E-state index contributed by atoms with van der Waals surface area (Å²) in [6.07, 6.45) is 1.54. The molecule has 0 saturated heterocycles. The van der Waals surface area contributed by atoms with E-state index in [0.717, 1.165) is 11.4 Å². The van der Waals surface area contributed by atoms with Gasteiger partial charge in [-0.3, -0.25) is 9.78 Å². The van der Waals surface area contributed by atoms with Crippen molar-refractivity contribution in [1.82, 2.24) is 14.5 Å². The van der Waals surface area contributed by atoms with Crippen molar-refractivity contribution in [3.63, 3.8) is 0 Å². The summed E-state index contributed by atoms with van der Waals surface area (Å²) >= 11 is 3.37. The lowest BCUT2D eigenvalue weighted by Gasteiger charge is -2.16. The highest BCUT2D eigenvalue weighted by molar-refractivity contribution is 9.10. The van der Waals surface area contributed by atoms with Crippen molar-refractivity contribution in [2.45, 2.75) is 20.4 Å². The lowest BCUT2D eigenvalue weighted by molar-refractivity contribution is 0.344. The summed E-state index contributed by atoms with van der Waals surface area (Å²) in [7, 11) is 4.88. The van der Waals surface area contributed by atoms with Gasteiger partial charge in [0.2, 0.25) is 5.43 Å². The molecule has 0 atom stereocenters. The molecular formula is C25H26BrFN4O4S. The average molecular weight is 577 g/mol. The maximum absolute atomic E-state index is 14.9. The number of ether oxygens (including phenoxy) is 3. The fourth-order valence-electron chi connectivity index (χ4n) is 3.66. The molecule has 3 heterocycles. The Hall–Kier alpha value is -3.31. The first-order valence-electron chi connectivity index (χ1n) is 10.7. The molecule has 190 valence electrons. The predicted octanol–water partition coefficient (Wildman–Crippen LogP) is 5.38. The fraction of sp³-hybridized carbons (Fsp3) is 0.240. The van der Waals surface area contributed by atoms with E-state index in [4.69, 9.17) is 14.2 Å². The lowest BCUT2D eigenvalue weighted by atomic mass is 10.1. The molecule has 4 aromatic rings. The molecule has 0 saturated carbocycles. The van der Waals surface area contributed by atoms with Gasteiger partial charge >= 0.3 is 0 Å². The van der Waals surface area contributed by atoms with Gasteiger partial charge in [-0.15, -0.1) is 0 Å². The Labute approximate surface area is 223 Å². The molecule has 11 heteroatoms. The Morgan fingerprint density at radius 3 is 2.47 bits per heavy atom. The van der Waals surface area contributed by atoms with Crippen molar-refractivity contribution >= 4 is 46.1 Å². The Bertz CT molecular complexity index is 1500. The number of hydrogen-bond acceptors (Lipinski definition) is 7. The van der Waals surface area contributed by atoms with E-state index in [1.54, 1.807) is 24.4 Å². The minimum Gasteiger partial charge on any atom is -0.491 e. The summed E-state index contributed by atoms with van der Waals surface area (Å²) in [5.74, 6) is 0.457. The van der Waals surface area contributed by atoms with E-state index in [2.05, 4.69) is 31.2 Å². The van der Waals surface area contributed by atoms with Crippen molar-refractivity contribution in [2.75, 3.05) is 19.5 Å². The highest BCUT2D eigenvalue weighted by Gasteiger charge is 2.16. The minimum atomic E-state index is -0.574. The van der Waals surface area contributed by atoms with Crippen LogP contribution < -0.4 is 25.0 Å². The van der Waals surface area contributed by atoms with Gasteiger partial charge in [0, 0.05) is 60.6 Å². The first-order valence-corrected chi connectivity index (χ1v) is 11.5. The molecule has 0 aliphatic heterocycles. The van der Waals surface area contributed by atoms with E-state index in [0.29, 0.717) is 38.3 Å². The number of fused-ring (bicyclic) bond motifs is 1. The quantitative estimate of drug-likeness (QED) is 0.316. The number of halogens is 2. The van der Waals surface area contributed by atoms with Crippen LogP contribution in [0.2, 0.25) is 0 Å². The third-order valence-corrected chi connectivity index (χ3v) is 6.81. The van der Waals surface area contributed by atoms with Gasteiger partial charge in [0.25, 0.3) is 5.88 Å². The van der Waals surface area contributed by atoms with Crippen LogP contribution >= 0.6 is 29.4 Å². The van der Waals surface area contributed by atoms with Crippen LogP contribution in [0, 0.1) is 19.7 Å². The predicted molar refractivity (Wildman–Crippen MR) is 146 cm³/mol. The van der Waals surface area contributed by atoms with E-state index >= 15 is 0 Å². The molecule has 0 radical (unpaired) electrons. The Kier molecular flexibility index (Phi) is 8.47. The van der Waals surface area contributed by atoms with Crippen LogP contribution in [0.1, 0.15) is 17.0 Å². The Morgan fingerprint density at radius 1 is 1.06 bits per heavy atom. The smallest absolute Gasteiger partial charge is 0.257 e. The highest BCUT2D eigenvalue weighted by Crippen LogP contribution is 2.35. The maximum Gasteiger partial charge on any atom is 0.257 e. The monoisotopic (exact) mass is 576 g/mol. The van der Waals surface area contributed by atoms with E-state index in [-0.39, 0.29) is 37.1 Å². The van der Waals surface area contributed by atoms with Crippen molar-refractivity contribution in [3.8, 4) is 23.1 Å². The second-order valence-corrected chi connectivity index (χ2v) is 8.62. The molecule has 0 unspecified atom stereocenters. The lowest BCUT2D eigenvalue weighted by Crippen LogP contribution is -2.22. The van der Waals surface area contributed by atoms with Gasteiger partial charge in [-0.1, -0.05) is 0 Å². The van der Waals surface area contributed by atoms with Gasteiger partial charge in [-0.2, -0.15) is 13.5 Å². The number of aromatic nitrogens is 3. The second kappa shape index (κ2) is 11.2. The number of methoxy groups -OCH3 is 2. The summed E-state index contributed by atoms with van der Waals surface area (Å²) in [5, 5.41) is 3.12. The van der Waals surface area contributed by atoms with Gasteiger partial charge in [0.05, 0.1) is 24.2 Å². The zero-order valence-electron chi connectivity index (χ0n) is 20.4. The molecule has 4 rings (SSSR count). The molecule has 0 bridgehead atoms.